The maximum absolute atomic E-state index is 5.56. The van der Waals surface area contributed by atoms with Crippen molar-refractivity contribution in [1.29, 1.82) is 0 Å². The first-order chi connectivity index (χ1) is 11.6. The molecule has 0 aliphatic heterocycles. The summed E-state index contributed by atoms with van der Waals surface area (Å²) in [7, 11) is 0. The van der Waals surface area contributed by atoms with Crippen LogP contribution in [0, 0.1) is 0 Å². The van der Waals surface area contributed by atoms with E-state index >= 15 is 0 Å². The fraction of sp³-hybridized carbons (Fsp3) is 1.00. The molecule has 0 aromatic heterocycles. The highest BCUT2D eigenvalue weighted by Gasteiger charge is 1.96. The van der Waals surface area contributed by atoms with Gasteiger partial charge in [-0.1, -0.05) is 131 Å². The van der Waals surface area contributed by atoms with E-state index in [0.29, 0.717) is 0 Å². The summed E-state index contributed by atoms with van der Waals surface area (Å²) in [5.74, 6) is 0. The third kappa shape index (κ3) is 43.3. The quantitative estimate of drug-likeness (QED) is 0.207. The molecule has 0 unspecified atom stereocenters. The van der Waals surface area contributed by atoms with E-state index in [1.54, 1.807) is 0 Å². The molecule has 150 valence electrons. The van der Waals surface area contributed by atoms with Crippen molar-refractivity contribution in [3.63, 3.8) is 0 Å². The summed E-state index contributed by atoms with van der Waals surface area (Å²) in [6.45, 7) is 11.2. The summed E-state index contributed by atoms with van der Waals surface area (Å²) in [5, 5.41) is 0. The summed E-state index contributed by atoms with van der Waals surface area (Å²) < 4.78 is 0. The number of rotatable bonds is 14. The van der Waals surface area contributed by atoms with Gasteiger partial charge in [0.2, 0.25) is 0 Å². The molecule has 0 heterocycles. The molecule has 0 aliphatic carbocycles. The number of hydrogen-bond acceptors (Lipinski definition) is 0. The summed E-state index contributed by atoms with van der Waals surface area (Å²) in [4.78, 5) is -0.151. The number of hydrogen-bond donors (Lipinski definition) is 0. The molecule has 2 heteroatoms. The van der Waals surface area contributed by atoms with Gasteiger partial charge in [0, 0.05) is 0 Å². The summed E-state index contributed by atoms with van der Waals surface area (Å²) in [5.41, 5.74) is 0. The van der Waals surface area contributed by atoms with E-state index in [9.17, 15) is 0 Å². The molecule has 0 bridgehead atoms. The van der Waals surface area contributed by atoms with Gasteiger partial charge in [-0.15, -0.1) is 23.2 Å². The first-order valence-corrected chi connectivity index (χ1v) is 11.8. The van der Waals surface area contributed by atoms with Gasteiger partial charge in [0.15, 0.2) is 0 Å². The van der Waals surface area contributed by atoms with E-state index in [4.69, 9.17) is 23.2 Å². The maximum Gasteiger partial charge on any atom is 0.107 e. The van der Waals surface area contributed by atoms with Crippen LogP contribution >= 0.6 is 23.2 Å². The van der Waals surface area contributed by atoms with Gasteiger partial charge in [-0.3, -0.25) is 0 Å². The Bertz CT molecular complexity index is 151. The molecule has 0 rings (SSSR count). The van der Waals surface area contributed by atoms with Crippen LogP contribution in [0.4, 0.5) is 0 Å². The lowest BCUT2D eigenvalue weighted by Gasteiger charge is -1.99. The largest absolute Gasteiger partial charge is 0.107 e. The molecule has 0 saturated heterocycles. The van der Waals surface area contributed by atoms with Crippen LogP contribution in [0.1, 0.15) is 137 Å². The normalized spacial score (nSPS) is 10.0. The molecule has 0 saturated carbocycles. The van der Waals surface area contributed by atoms with Crippen LogP contribution in [0.15, 0.2) is 0 Å². The minimum Gasteiger partial charge on any atom is -0.105 e. The lowest BCUT2D eigenvalue weighted by Crippen LogP contribution is -1.86. The Morgan fingerprint density at radius 3 is 0.917 bits per heavy atom. The Labute approximate surface area is 165 Å². The zero-order valence-corrected chi connectivity index (χ0v) is 19.2. The van der Waals surface area contributed by atoms with Crippen LogP contribution in [0.5, 0.6) is 0 Å². The summed E-state index contributed by atoms with van der Waals surface area (Å²) >= 11 is 11.1. The highest BCUT2D eigenvalue weighted by molar-refractivity contribution is 6.44. The van der Waals surface area contributed by atoms with Crippen LogP contribution in [0.2, 0.25) is 0 Å². The lowest BCUT2D eigenvalue weighted by molar-refractivity contribution is 0.620. The maximum atomic E-state index is 5.56. The molecule has 0 amide bonds. The molecule has 0 N–H and O–H groups in total. The Hall–Kier alpha value is 0.580. The first kappa shape index (κ1) is 29.3. The Balaban J connectivity index is -0.000000283. The minimum absolute atomic E-state index is 0.151. The van der Waals surface area contributed by atoms with Crippen molar-refractivity contribution in [2.45, 2.75) is 142 Å². The highest BCUT2D eigenvalue weighted by Crippen LogP contribution is 2.13. The van der Waals surface area contributed by atoms with E-state index < -0.39 is 0 Å². The zero-order valence-electron chi connectivity index (χ0n) is 17.6. The number of unbranched alkanes of at least 4 members (excludes halogenated alkanes) is 12. The Morgan fingerprint density at radius 2 is 0.667 bits per heavy atom. The minimum atomic E-state index is -0.151. The molecular formula is C22H48Cl2. The van der Waals surface area contributed by atoms with E-state index in [1.165, 1.54) is 96.3 Å². The second-order valence-corrected chi connectivity index (χ2v) is 7.99. The standard InChI is InChI=1S/C8H16Cl2.2C7H16/c1-2-3-4-5-6-7-8(9)10;2*1-3-5-7-6-4-2/h8H,2-7H2,1H3;2*3-7H2,1-2H3. The second kappa shape index (κ2) is 31.4. The first-order valence-electron chi connectivity index (χ1n) is 10.9. The van der Waals surface area contributed by atoms with Gasteiger partial charge in [0.25, 0.3) is 0 Å². The van der Waals surface area contributed by atoms with Crippen molar-refractivity contribution in [1.82, 2.24) is 0 Å². The van der Waals surface area contributed by atoms with Crippen molar-refractivity contribution in [2.75, 3.05) is 0 Å². The molecule has 0 radical (unpaired) electrons. The van der Waals surface area contributed by atoms with Gasteiger partial charge in [-0.05, 0) is 6.42 Å². The van der Waals surface area contributed by atoms with Crippen molar-refractivity contribution in [2.24, 2.45) is 0 Å². The average molecular weight is 384 g/mol. The van der Waals surface area contributed by atoms with E-state index in [-0.39, 0.29) is 4.84 Å². The van der Waals surface area contributed by atoms with Gasteiger partial charge < -0.3 is 0 Å². The zero-order chi connectivity index (χ0) is 18.9. The van der Waals surface area contributed by atoms with Gasteiger partial charge in [0.05, 0.1) is 0 Å². The Morgan fingerprint density at radius 1 is 0.417 bits per heavy atom. The predicted molar refractivity (Wildman–Crippen MR) is 118 cm³/mol. The molecule has 0 atom stereocenters. The van der Waals surface area contributed by atoms with Gasteiger partial charge in [-0.2, -0.15) is 0 Å². The molecule has 0 aromatic carbocycles. The van der Waals surface area contributed by atoms with Crippen molar-refractivity contribution < 1.29 is 0 Å². The van der Waals surface area contributed by atoms with E-state index in [1.807, 2.05) is 0 Å². The van der Waals surface area contributed by atoms with Gasteiger partial charge in [0.1, 0.15) is 4.84 Å². The van der Waals surface area contributed by atoms with Crippen molar-refractivity contribution >= 4 is 23.2 Å². The van der Waals surface area contributed by atoms with Crippen LogP contribution in [-0.2, 0) is 0 Å². The third-order valence-corrected chi connectivity index (χ3v) is 4.38. The molecular weight excluding hydrogens is 335 g/mol. The van der Waals surface area contributed by atoms with Gasteiger partial charge in [-0.25, -0.2) is 0 Å². The molecule has 0 fully saturated rings. The van der Waals surface area contributed by atoms with Crippen molar-refractivity contribution in [3.05, 3.63) is 0 Å². The monoisotopic (exact) mass is 382 g/mol. The fourth-order valence-corrected chi connectivity index (χ4v) is 2.56. The predicted octanol–water partition coefficient (Wildman–Crippen LogP) is 10.1. The average Bonchev–Trinajstić information content (AvgIpc) is 2.57. The SMILES string of the molecule is CCCCCCC.CCCCCCC.CCCCCCCC(Cl)Cl. The molecule has 0 spiro atoms. The third-order valence-electron chi connectivity index (χ3n) is 3.94. The molecule has 0 aromatic rings. The van der Waals surface area contributed by atoms with E-state index in [2.05, 4.69) is 34.6 Å². The van der Waals surface area contributed by atoms with E-state index in [0.717, 1.165) is 6.42 Å². The number of halogens is 2. The number of alkyl halides is 2. The Kier molecular flexibility index (Phi) is 38.3. The van der Waals surface area contributed by atoms with Crippen LogP contribution in [-0.4, -0.2) is 4.84 Å². The van der Waals surface area contributed by atoms with Crippen LogP contribution in [0.3, 0.4) is 0 Å². The fourth-order valence-electron chi connectivity index (χ4n) is 2.26. The summed E-state index contributed by atoms with van der Waals surface area (Å²) in [6, 6.07) is 0. The topological polar surface area (TPSA) is 0 Å². The molecule has 24 heavy (non-hydrogen) atoms. The van der Waals surface area contributed by atoms with Crippen molar-refractivity contribution in [3.8, 4) is 0 Å². The van der Waals surface area contributed by atoms with Gasteiger partial charge >= 0.3 is 0 Å². The molecule has 0 nitrogen and oxygen atoms in total. The van der Waals surface area contributed by atoms with Crippen LogP contribution in [0.25, 0.3) is 0 Å². The second-order valence-electron chi connectivity index (χ2n) is 6.72. The smallest absolute Gasteiger partial charge is 0.105 e. The van der Waals surface area contributed by atoms with Crippen LogP contribution < -0.4 is 0 Å². The summed E-state index contributed by atoms with van der Waals surface area (Å²) in [6.07, 6.45) is 21.4. The molecule has 0 aliphatic rings. The lowest BCUT2D eigenvalue weighted by atomic mass is 10.1. The highest BCUT2D eigenvalue weighted by atomic mass is 35.5.